The Hall–Kier alpha value is -1.72. The van der Waals surface area contributed by atoms with Gasteiger partial charge in [0.05, 0.1) is 12.2 Å². The Labute approximate surface area is 108 Å². The minimum Gasteiger partial charge on any atom is -0.465 e. The zero-order valence-corrected chi connectivity index (χ0v) is 10.2. The first-order valence-electron chi connectivity index (χ1n) is 6.04. The van der Waals surface area contributed by atoms with Gasteiger partial charge in [0.25, 0.3) is 0 Å². The number of hydrogen-bond acceptors (Lipinski definition) is 2. The third-order valence-electron chi connectivity index (χ3n) is 3.13. The fourth-order valence-electron chi connectivity index (χ4n) is 2.09. The summed E-state index contributed by atoms with van der Waals surface area (Å²) in [4.78, 5) is 13.0. The molecule has 0 N–H and O–H groups in total. The highest BCUT2D eigenvalue weighted by Gasteiger charge is 2.42. The van der Waals surface area contributed by atoms with Crippen molar-refractivity contribution < 1.29 is 22.4 Å². The summed E-state index contributed by atoms with van der Waals surface area (Å²) in [6, 6.07) is 3.34. The summed E-state index contributed by atoms with van der Waals surface area (Å²) in [5.41, 5.74) is 0. The Morgan fingerprint density at radius 1 is 1.47 bits per heavy atom. The monoisotopic (exact) mass is 273 g/mol. The number of hydrogen-bond donors (Lipinski definition) is 0. The van der Waals surface area contributed by atoms with Crippen LogP contribution in [0.15, 0.2) is 28.9 Å². The zero-order valence-electron chi connectivity index (χ0n) is 10.2. The molecule has 1 aliphatic rings. The SMILES string of the molecule is O=C(/C=C\c1ccco1)N1CCC[C@H](C(F)(F)F)C1. The molecule has 6 heteroatoms. The van der Waals surface area contributed by atoms with Gasteiger partial charge in [-0.15, -0.1) is 0 Å². The van der Waals surface area contributed by atoms with Gasteiger partial charge in [0.1, 0.15) is 5.76 Å². The number of carbonyl (C=O) groups excluding carboxylic acids is 1. The summed E-state index contributed by atoms with van der Waals surface area (Å²) in [7, 11) is 0. The lowest BCUT2D eigenvalue weighted by atomic mass is 9.97. The Kier molecular flexibility index (Phi) is 3.97. The normalized spacial score (nSPS) is 21.0. The van der Waals surface area contributed by atoms with Crippen LogP contribution in [0.25, 0.3) is 6.08 Å². The number of carbonyl (C=O) groups is 1. The van der Waals surface area contributed by atoms with E-state index in [2.05, 4.69) is 0 Å². The minimum atomic E-state index is -4.23. The van der Waals surface area contributed by atoms with Gasteiger partial charge in [-0.2, -0.15) is 13.2 Å². The van der Waals surface area contributed by atoms with Crippen LogP contribution < -0.4 is 0 Å². The second-order valence-electron chi connectivity index (χ2n) is 4.51. The number of amides is 1. The second kappa shape index (κ2) is 5.50. The molecule has 1 saturated heterocycles. The summed E-state index contributed by atoms with van der Waals surface area (Å²) >= 11 is 0. The highest BCUT2D eigenvalue weighted by molar-refractivity contribution is 5.91. The average Bonchev–Trinajstić information content (AvgIpc) is 2.88. The predicted molar refractivity (Wildman–Crippen MR) is 63.1 cm³/mol. The lowest BCUT2D eigenvalue weighted by molar-refractivity contribution is -0.187. The van der Waals surface area contributed by atoms with Crippen LogP contribution in [0.4, 0.5) is 13.2 Å². The molecule has 1 amide bonds. The number of alkyl halides is 3. The van der Waals surface area contributed by atoms with Crippen LogP contribution in [-0.2, 0) is 4.79 Å². The van der Waals surface area contributed by atoms with Gasteiger partial charge in [-0.05, 0) is 31.1 Å². The Morgan fingerprint density at radius 2 is 2.26 bits per heavy atom. The van der Waals surface area contributed by atoms with Crippen molar-refractivity contribution in [1.29, 1.82) is 0 Å². The molecule has 104 valence electrons. The maximum Gasteiger partial charge on any atom is 0.393 e. The van der Waals surface area contributed by atoms with Crippen LogP contribution in [0.5, 0.6) is 0 Å². The number of nitrogens with zero attached hydrogens (tertiary/aromatic N) is 1. The number of rotatable bonds is 2. The molecule has 0 unspecified atom stereocenters. The van der Waals surface area contributed by atoms with Crippen LogP contribution in [0.1, 0.15) is 18.6 Å². The largest absolute Gasteiger partial charge is 0.465 e. The maximum absolute atomic E-state index is 12.6. The molecular weight excluding hydrogens is 259 g/mol. The van der Waals surface area contributed by atoms with E-state index in [0.29, 0.717) is 18.7 Å². The van der Waals surface area contributed by atoms with E-state index in [1.54, 1.807) is 12.1 Å². The maximum atomic E-state index is 12.6. The first-order chi connectivity index (χ1) is 8.97. The molecule has 3 nitrogen and oxygen atoms in total. The van der Waals surface area contributed by atoms with E-state index >= 15 is 0 Å². The molecule has 1 aromatic heterocycles. The highest BCUT2D eigenvalue weighted by Crippen LogP contribution is 2.33. The van der Waals surface area contributed by atoms with Gasteiger partial charge < -0.3 is 9.32 Å². The number of furan rings is 1. The van der Waals surface area contributed by atoms with Crippen LogP contribution >= 0.6 is 0 Å². The molecule has 1 atom stereocenters. The molecule has 0 saturated carbocycles. The minimum absolute atomic E-state index is 0.0924. The van der Waals surface area contributed by atoms with Crippen LogP contribution in [0.3, 0.4) is 0 Å². The van der Waals surface area contributed by atoms with Crippen molar-refractivity contribution in [3.8, 4) is 0 Å². The van der Waals surface area contributed by atoms with Crippen LogP contribution in [0, 0.1) is 5.92 Å². The smallest absolute Gasteiger partial charge is 0.393 e. The van der Waals surface area contributed by atoms with Gasteiger partial charge in [-0.3, -0.25) is 4.79 Å². The van der Waals surface area contributed by atoms with Crippen molar-refractivity contribution in [2.24, 2.45) is 5.92 Å². The van der Waals surface area contributed by atoms with Gasteiger partial charge >= 0.3 is 6.18 Å². The molecule has 2 heterocycles. The highest BCUT2D eigenvalue weighted by atomic mass is 19.4. The van der Waals surface area contributed by atoms with E-state index in [4.69, 9.17) is 4.42 Å². The van der Waals surface area contributed by atoms with E-state index in [9.17, 15) is 18.0 Å². The number of halogens is 3. The third-order valence-corrected chi connectivity index (χ3v) is 3.13. The summed E-state index contributed by atoms with van der Waals surface area (Å²) < 4.78 is 42.9. The van der Waals surface area contributed by atoms with Gasteiger partial charge in [0, 0.05) is 19.2 Å². The summed E-state index contributed by atoms with van der Waals surface area (Å²) in [5.74, 6) is -1.33. The van der Waals surface area contributed by atoms with E-state index in [0.717, 1.165) is 0 Å². The van der Waals surface area contributed by atoms with Crippen molar-refractivity contribution in [2.75, 3.05) is 13.1 Å². The van der Waals surface area contributed by atoms with Crippen molar-refractivity contribution in [1.82, 2.24) is 4.90 Å². The molecule has 19 heavy (non-hydrogen) atoms. The molecule has 0 spiro atoms. The molecular formula is C13H14F3NO2. The Morgan fingerprint density at radius 3 is 2.89 bits per heavy atom. The second-order valence-corrected chi connectivity index (χ2v) is 4.51. The number of piperidine rings is 1. The molecule has 0 aliphatic carbocycles. The van der Waals surface area contributed by atoms with Crippen LogP contribution in [-0.4, -0.2) is 30.1 Å². The standard InChI is InChI=1S/C13H14F3NO2/c14-13(15,16)10-3-1-7-17(9-10)12(18)6-5-11-4-2-8-19-11/h2,4-6,8,10H,1,3,7,9H2/b6-5-/t10-/m0/s1. The summed E-state index contributed by atoms with van der Waals surface area (Å²) in [6.07, 6.45) is 0.408. The molecule has 1 aromatic rings. The van der Waals surface area contributed by atoms with Crippen molar-refractivity contribution in [3.63, 3.8) is 0 Å². The van der Waals surface area contributed by atoms with E-state index < -0.39 is 18.0 Å². The van der Waals surface area contributed by atoms with Crippen LogP contribution in [0.2, 0.25) is 0 Å². The van der Waals surface area contributed by atoms with Gasteiger partial charge in [0.2, 0.25) is 5.91 Å². The molecule has 0 aromatic carbocycles. The average molecular weight is 273 g/mol. The van der Waals surface area contributed by atoms with Gasteiger partial charge in [-0.25, -0.2) is 0 Å². The van der Waals surface area contributed by atoms with Gasteiger partial charge in [-0.1, -0.05) is 0 Å². The first kappa shape index (κ1) is 13.7. The zero-order chi connectivity index (χ0) is 13.9. The van der Waals surface area contributed by atoms with Crippen molar-refractivity contribution in [2.45, 2.75) is 19.0 Å². The van der Waals surface area contributed by atoms with Crippen molar-refractivity contribution in [3.05, 3.63) is 30.2 Å². The quantitative estimate of drug-likeness (QED) is 0.776. The molecule has 1 fully saturated rings. The molecule has 0 bridgehead atoms. The Balaban J connectivity index is 1.96. The third kappa shape index (κ3) is 3.62. The summed E-state index contributed by atoms with van der Waals surface area (Å²) in [6.45, 7) is 0.110. The molecule has 2 rings (SSSR count). The summed E-state index contributed by atoms with van der Waals surface area (Å²) in [5, 5.41) is 0. The van der Waals surface area contributed by atoms with E-state index in [1.807, 2.05) is 0 Å². The Bertz CT molecular complexity index is 451. The van der Waals surface area contributed by atoms with E-state index in [-0.39, 0.29) is 13.0 Å². The molecule has 1 aliphatic heterocycles. The predicted octanol–water partition coefficient (Wildman–Crippen LogP) is 3.09. The lowest BCUT2D eigenvalue weighted by Gasteiger charge is -2.33. The topological polar surface area (TPSA) is 33.5 Å². The number of likely N-dealkylation sites (tertiary alicyclic amines) is 1. The first-order valence-corrected chi connectivity index (χ1v) is 6.04. The fraction of sp³-hybridized carbons (Fsp3) is 0.462. The fourth-order valence-corrected chi connectivity index (χ4v) is 2.09. The van der Waals surface area contributed by atoms with E-state index in [1.165, 1.54) is 23.3 Å². The lowest BCUT2D eigenvalue weighted by Crippen LogP contribution is -2.44. The van der Waals surface area contributed by atoms with Crippen molar-refractivity contribution >= 4 is 12.0 Å². The molecule has 0 radical (unpaired) electrons. The van der Waals surface area contributed by atoms with Gasteiger partial charge in [0.15, 0.2) is 0 Å².